The van der Waals surface area contributed by atoms with Crippen molar-refractivity contribution in [3.8, 4) is 0 Å². The van der Waals surface area contributed by atoms with E-state index in [0.29, 0.717) is 18.4 Å². The van der Waals surface area contributed by atoms with Crippen molar-refractivity contribution in [1.82, 2.24) is 15.0 Å². The van der Waals surface area contributed by atoms with E-state index < -0.39 is 0 Å². The van der Waals surface area contributed by atoms with E-state index in [9.17, 15) is 0 Å². The Balaban J connectivity index is 2.77. The van der Waals surface area contributed by atoms with Gasteiger partial charge in [-0.25, -0.2) is 0 Å². The van der Waals surface area contributed by atoms with Gasteiger partial charge in [0.25, 0.3) is 0 Å². The molecule has 1 aromatic heterocycles. The number of aryl methyl sites for hydroxylation is 1. The summed E-state index contributed by atoms with van der Waals surface area (Å²) < 4.78 is 1.80. The molecule has 4 heteroatoms. The molecule has 0 aromatic carbocycles. The largest absolute Gasteiger partial charge is 0.330 e. The van der Waals surface area contributed by atoms with Crippen LogP contribution in [0.15, 0.2) is 6.20 Å². The predicted octanol–water partition coefficient (Wildman–Crippen LogP) is 0.513. The molecular weight excluding hydrogens is 152 g/mol. The maximum Gasteiger partial charge on any atom is 0.0727 e. The molecule has 0 aliphatic rings. The van der Waals surface area contributed by atoms with Crippen LogP contribution in [-0.4, -0.2) is 21.5 Å². The van der Waals surface area contributed by atoms with Gasteiger partial charge in [0.15, 0.2) is 0 Å². The maximum absolute atomic E-state index is 5.58. The van der Waals surface area contributed by atoms with Crippen LogP contribution in [0.1, 0.15) is 25.5 Å². The Morgan fingerprint density at radius 1 is 1.58 bits per heavy atom. The molecule has 2 unspecified atom stereocenters. The van der Waals surface area contributed by atoms with Crippen molar-refractivity contribution >= 4 is 0 Å². The Morgan fingerprint density at radius 3 is 2.67 bits per heavy atom. The normalized spacial score (nSPS) is 16.0. The summed E-state index contributed by atoms with van der Waals surface area (Å²) in [7, 11) is 1.90. The zero-order valence-corrected chi connectivity index (χ0v) is 7.86. The first-order chi connectivity index (χ1) is 5.66. The standard InChI is InChI=1S/C8H16N4/c1-6(4-9)7(2)8-5-10-11-12(8)3/h5-7H,4,9H2,1-3H3. The monoisotopic (exact) mass is 168 g/mol. The van der Waals surface area contributed by atoms with Crippen LogP contribution in [0.4, 0.5) is 0 Å². The average molecular weight is 168 g/mol. The quantitative estimate of drug-likeness (QED) is 0.715. The van der Waals surface area contributed by atoms with Crippen molar-refractivity contribution in [2.45, 2.75) is 19.8 Å². The first-order valence-corrected chi connectivity index (χ1v) is 4.21. The molecule has 0 saturated heterocycles. The molecule has 0 amide bonds. The second kappa shape index (κ2) is 3.67. The molecule has 0 spiro atoms. The van der Waals surface area contributed by atoms with Gasteiger partial charge in [0, 0.05) is 13.0 Å². The third kappa shape index (κ3) is 1.64. The molecule has 1 heterocycles. The summed E-state index contributed by atoms with van der Waals surface area (Å²) in [6, 6.07) is 0. The van der Waals surface area contributed by atoms with Crippen molar-refractivity contribution in [3.05, 3.63) is 11.9 Å². The van der Waals surface area contributed by atoms with Crippen LogP contribution < -0.4 is 5.73 Å². The summed E-state index contributed by atoms with van der Waals surface area (Å²) in [5.41, 5.74) is 6.73. The van der Waals surface area contributed by atoms with E-state index in [2.05, 4.69) is 24.2 Å². The van der Waals surface area contributed by atoms with Gasteiger partial charge in [-0.15, -0.1) is 5.10 Å². The lowest BCUT2D eigenvalue weighted by Gasteiger charge is -2.17. The van der Waals surface area contributed by atoms with Gasteiger partial charge < -0.3 is 5.73 Å². The third-order valence-corrected chi connectivity index (χ3v) is 2.44. The molecule has 0 saturated carbocycles. The first kappa shape index (κ1) is 9.19. The molecular formula is C8H16N4. The summed E-state index contributed by atoms with van der Waals surface area (Å²) in [5.74, 6) is 0.900. The number of hydrogen-bond acceptors (Lipinski definition) is 3. The van der Waals surface area contributed by atoms with Gasteiger partial charge in [-0.2, -0.15) is 0 Å². The van der Waals surface area contributed by atoms with Crippen LogP contribution in [0.2, 0.25) is 0 Å². The van der Waals surface area contributed by atoms with Gasteiger partial charge in [0.05, 0.1) is 11.9 Å². The molecule has 68 valence electrons. The first-order valence-electron chi connectivity index (χ1n) is 4.21. The van der Waals surface area contributed by atoms with E-state index in [1.165, 1.54) is 0 Å². The van der Waals surface area contributed by atoms with Crippen molar-refractivity contribution in [2.24, 2.45) is 18.7 Å². The lowest BCUT2D eigenvalue weighted by Crippen LogP contribution is -2.18. The zero-order valence-electron chi connectivity index (χ0n) is 7.86. The van der Waals surface area contributed by atoms with E-state index in [1.54, 1.807) is 10.9 Å². The minimum Gasteiger partial charge on any atom is -0.330 e. The Labute approximate surface area is 72.8 Å². The highest BCUT2D eigenvalue weighted by molar-refractivity contribution is 5.02. The summed E-state index contributed by atoms with van der Waals surface area (Å²) in [4.78, 5) is 0. The van der Waals surface area contributed by atoms with Crippen molar-refractivity contribution < 1.29 is 0 Å². The van der Waals surface area contributed by atoms with E-state index in [4.69, 9.17) is 5.73 Å². The smallest absolute Gasteiger partial charge is 0.0727 e. The van der Waals surface area contributed by atoms with Crippen LogP contribution in [0.25, 0.3) is 0 Å². The Kier molecular flexibility index (Phi) is 2.81. The molecule has 0 aliphatic carbocycles. The Morgan fingerprint density at radius 2 is 2.25 bits per heavy atom. The van der Waals surface area contributed by atoms with Crippen molar-refractivity contribution in [3.63, 3.8) is 0 Å². The molecule has 2 atom stereocenters. The highest BCUT2D eigenvalue weighted by Crippen LogP contribution is 2.21. The molecule has 4 nitrogen and oxygen atoms in total. The van der Waals surface area contributed by atoms with E-state index in [0.717, 1.165) is 5.69 Å². The van der Waals surface area contributed by atoms with Gasteiger partial charge in [-0.1, -0.05) is 19.1 Å². The minimum absolute atomic E-state index is 0.426. The van der Waals surface area contributed by atoms with Crippen molar-refractivity contribution in [1.29, 1.82) is 0 Å². The van der Waals surface area contributed by atoms with Crippen LogP contribution in [-0.2, 0) is 7.05 Å². The van der Waals surface area contributed by atoms with Crippen LogP contribution in [0.5, 0.6) is 0 Å². The number of nitrogens with two attached hydrogens (primary N) is 1. The molecule has 0 radical (unpaired) electrons. The van der Waals surface area contributed by atoms with Crippen molar-refractivity contribution in [2.75, 3.05) is 6.54 Å². The van der Waals surface area contributed by atoms with E-state index in [1.807, 2.05) is 7.05 Å². The molecule has 1 rings (SSSR count). The highest BCUT2D eigenvalue weighted by atomic mass is 15.4. The van der Waals surface area contributed by atoms with Crippen LogP contribution >= 0.6 is 0 Å². The number of rotatable bonds is 3. The number of aromatic nitrogens is 3. The van der Waals surface area contributed by atoms with Crippen LogP contribution in [0.3, 0.4) is 0 Å². The Hall–Kier alpha value is -0.900. The summed E-state index contributed by atoms with van der Waals surface area (Å²) in [6.07, 6.45) is 1.80. The third-order valence-electron chi connectivity index (χ3n) is 2.44. The molecule has 0 fully saturated rings. The maximum atomic E-state index is 5.58. The van der Waals surface area contributed by atoms with E-state index >= 15 is 0 Å². The molecule has 0 bridgehead atoms. The summed E-state index contributed by atoms with van der Waals surface area (Å²) in [6.45, 7) is 4.99. The van der Waals surface area contributed by atoms with E-state index in [-0.39, 0.29) is 0 Å². The predicted molar refractivity (Wildman–Crippen MR) is 47.6 cm³/mol. The number of nitrogens with zero attached hydrogens (tertiary/aromatic N) is 3. The SMILES string of the molecule is CC(CN)C(C)c1cnnn1C. The minimum atomic E-state index is 0.426. The highest BCUT2D eigenvalue weighted by Gasteiger charge is 2.15. The molecule has 1 aromatic rings. The second-order valence-corrected chi connectivity index (χ2v) is 3.28. The van der Waals surface area contributed by atoms with Gasteiger partial charge in [-0.05, 0) is 12.5 Å². The van der Waals surface area contributed by atoms with Crippen LogP contribution in [0, 0.1) is 5.92 Å². The topological polar surface area (TPSA) is 56.7 Å². The molecule has 12 heavy (non-hydrogen) atoms. The van der Waals surface area contributed by atoms with Gasteiger partial charge >= 0.3 is 0 Å². The molecule has 2 N–H and O–H groups in total. The van der Waals surface area contributed by atoms with Gasteiger partial charge in [0.1, 0.15) is 0 Å². The fourth-order valence-electron chi connectivity index (χ4n) is 1.21. The lowest BCUT2D eigenvalue weighted by atomic mass is 9.93. The average Bonchev–Trinajstić information content (AvgIpc) is 2.48. The fourth-order valence-corrected chi connectivity index (χ4v) is 1.21. The van der Waals surface area contributed by atoms with Gasteiger partial charge in [0.2, 0.25) is 0 Å². The zero-order chi connectivity index (χ0) is 9.14. The molecule has 0 aliphatic heterocycles. The fraction of sp³-hybridized carbons (Fsp3) is 0.750. The number of hydrogen-bond donors (Lipinski definition) is 1. The summed E-state index contributed by atoms with van der Waals surface area (Å²) >= 11 is 0. The lowest BCUT2D eigenvalue weighted by molar-refractivity contribution is 0.470. The van der Waals surface area contributed by atoms with Gasteiger partial charge in [-0.3, -0.25) is 4.68 Å². The second-order valence-electron chi connectivity index (χ2n) is 3.28. The summed E-state index contributed by atoms with van der Waals surface area (Å²) in [5, 5.41) is 7.71. The Bertz CT molecular complexity index is 243.